The van der Waals surface area contributed by atoms with Crippen LogP contribution in [0.25, 0.3) is 0 Å². The van der Waals surface area contributed by atoms with E-state index in [0.717, 1.165) is 4.47 Å². The minimum Gasteiger partial charge on any atom is -0.359 e. The first-order chi connectivity index (χ1) is 8.25. The predicted molar refractivity (Wildman–Crippen MR) is 71.9 cm³/mol. The average Bonchev–Trinajstić information content (AvgIpc) is 3.11. The summed E-state index contributed by atoms with van der Waals surface area (Å²) < 4.78 is 6.90. The monoisotopic (exact) mass is 288 g/mol. The number of benzene rings is 2. The van der Waals surface area contributed by atoms with Gasteiger partial charge in [0, 0.05) is 4.47 Å². The number of hydrogen-bond donors (Lipinski definition) is 0. The molecule has 2 heteroatoms. The largest absolute Gasteiger partial charge is 0.359 e. The normalized spacial score (nSPS) is 22.5. The molecule has 0 aliphatic carbocycles. The van der Waals surface area contributed by atoms with E-state index in [1.807, 2.05) is 12.1 Å². The lowest BCUT2D eigenvalue weighted by atomic mass is 10.0. The first-order valence-corrected chi connectivity index (χ1v) is 6.51. The minimum absolute atomic E-state index is 0.202. The number of hydrogen-bond acceptors (Lipinski definition) is 1. The molecule has 2 aromatic carbocycles. The lowest BCUT2D eigenvalue weighted by Gasteiger charge is -2.00. The highest BCUT2D eigenvalue weighted by molar-refractivity contribution is 9.10. The smallest absolute Gasteiger partial charge is 0.115 e. The molecule has 0 saturated carbocycles. The van der Waals surface area contributed by atoms with Crippen LogP contribution < -0.4 is 0 Å². The standard InChI is InChI=1S/C15H13BrO/c1-10-6-8-11(9-7-10)14-15(17-14)12-4-2-3-5-13(12)16/h2-9,14-15H,1H3/t14-,15-/m1/s1. The molecule has 0 radical (unpaired) electrons. The summed E-state index contributed by atoms with van der Waals surface area (Å²) in [7, 11) is 0. The van der Waals surface area contributed by atoms with Crippen LogP contribution in [-0.2, 0) is 4.74 Å². The molecule has 2 atom stereocenters. The molecule has 86 valence electrons. The molecule has 3 rings (SSSR count). The van der Waals surface area contributed by atoms with Gasteiger partial charge < -0.3 is 4.74 Å². The van der Waals surface area contributed by atoms with Crippen molar-refractivity contribution in [3.63, 3.8) is 0 Å². The van der Waals surface area contributed by atoms with E-state index in [4.69, 9.17) is 4.74 Å². The zero-order chi connectivity index (χ0) is 11.8. The fourth-order valence-electron chi connectivity index (χ4n) is 2.06. The Morgan fingerprint density at radius 3 is 2.35 bits per heavy atom. The van der Waals surface area contributed by atoms with Crippen LogP contribution in [0.1, 0.15) is 28.9 Å². The third-order valence-corrected chi connectivity index (χ3v) is 3.83. The maximum atomic E-state index is 5.78. The summed E-state index contributed by atoms with van der Waals surface area (Å²) in [5, 5.41) is 0. The maximum absolute atomic E-state index is 5.78. The van der Waals surface area contributed by atoms with Crippen molar-refractivity contribution in [2.75, 3.05) is 0 Å². The van der Waals surface area contributed by atoms with Crippen LogP contribution in [0.2, 0.25) is 0 Å². The van der Waals surface area contributed by atoms with Gasteiger partial charge in [-0.15, -0.1) is 0 Å². The van der Waals surface area contributed by atoms with E-state index in [2.05, 4.69) is 59.3 Å². The molecule has 0 unspecified atom stereocenters. The van der Waals surface area contributed by atoms with Gasteiger partial charge in [0.2, 0.25) is 0 Å². The van der Waals surface area contributed by atoms with Crippen LogP contribution in [-0.4, -0.2) is 0 Å². The second-order valence-electron chi connectivity index (χ2n) is 4.41. The molecule has 1 aliphatic rings. The summed E-state index contributed by atoms with van der Waals surface area (Å²) >= 11 is 3.57. The molecule has 2 aromatic rings. The van der Waals surface area contributed by atoms with E-state index in [0.29, 0.717) is 0 Å². The van der Waals surface area contributed by atoms with Crippen LogP contribution in [0, 0.1) is 6.92 Å². The number of epoxide rings is 1. The van der Waals surface area contributed by atoms with E-state index in [-0.39, 0.29) is 12.2 Å². The molecule has 17 heavy (non-hydrogen) atoms. The lowest BCUT2D eigenvalue weighted by molar-refractivity contribution is 0.377. The number of aryl methyl sites for hydroxylation is 1. The third-order valence-electron chi connectivity index (χ3n) is 3.11. The van der Waals surface area contributed by atoms with E-state index >= 15 is 0 Å². The molecule has 0 N–H and O–H groups in total. The highest BCUT2D eigenvalue weighted by Gasteiger charge is 2.42. The molecule has 1 fully saturated rings. The molecular formula is C15H13BrO. The average molecular weight is 289 g/mol. The molecule has 1 heterocycles. The Bertz CT molecular complexity index is 533. The Kier molecular flexibility index (Phi) is 2.77. The van der Waals surface area contributed by atoms with Gasteiger partial charge in [0.25, 0.3) is 0 Å². The van der Waals surface area contributed by atoms with Crippen LogP contribution in [0.15, 0.2) is 53.0 Å². The summed E-state index contributed by atoms with van der Waals surface area (Å²) in [6, 6.07) is 16.8. The highest BCUT2D eigenvalue weighted by Crippen LogP contribution is 2.52. The van der Waals surface area contributed by atoms with Gasteiger partial charge in [0.1, 0.15) is 12.2 Å². The molecule has 0 spiro atoms. The zero-order valence-corrected chi connectivity index (χ0v) is 11.1. The molecule has 1 aliphatic heterocycles. The first kappa shape index (κ1) is 11.0. The van der Waals surface area contributed by atoms with Crippen molar-refractivity contribution in [3.8, 4) is 0 Å². The SMILES string of the molecule is Cc1ccc([C@H]2O[C@@H]2c2ccccc2Br)cc1. The van der Waals surface area contributed by atoms with Gasteiger partial charge in [-0.1, -0.05) is 64.0 Å². The lowest BCUT2D eigenvalue weighted by Crippen LogP contribution is -1.86. The second-order valence-corrected chi connectivity index (χ2v) is 5.26. The van der Waals surface area contributed by atoms with Crippen LogP contribution >= 0.6 is 15.9 Å². The Morgan fingerprint density at radius 2 is 1.65 bits per heavy atom. The van der Waals surface area contributed by atoms with Crippen molar-refractivity contribution < 1.29 is 4.74 Å². The molecule has 1 saturated heterocycles. The zero-order valence-electron chi connectivity index (χ0n) is 9.56. The van der Waals surface area contributed by atoms with Gasteiger partial charge in [-0.05, 0) is 24.1 Å². The summed E-state index contributed by atoms with van der Waals surface area (Å²) in [5.74, 6) is 0. The van der Waals surface area contributed by atoms with Gasteiger partial charge in [-0.2, -0.15) is 0 Å². The quantitative estimate of drug-likeness (QED) is 0.738. The van der Waals surface area contributed by atoms with Gasteiger partial charge in [0.15, 0.2) is 0 Å². The van der Waals surface area contributed by atoms with Crippen LogP contribution in [0.4, 0.5) is 0 Å². The highest BCUT2D eigenvalue weighted by atomic mass is 79.9. The fourth-order valence-corrected chi connectivity index (χ4v) is 2.57. The number of rotatable bonds is 2. The summed E-state index contributed by atoms with van der Waals surface area (Å²) in [6.45, 7) is 2.10. The van der Waals surface area contributed by atoms with Crippen molar-refractivity contribution >= 4 is 15.9 Å². The summed E-state index contributed by atoms with van der Waals surface area (Å²) in [4.78, 5) is 0. The number of ether oxygens (including phenoxy) is 1. The van der Waals surface area contributed by atoms with E-state index in [1.165, 1.54) is 16.7 Å². The third kappa shape index (κ3) is 2.15. The minimum atomic E-state index is 0.202. The fraction of sp³-hybridized carbons (Fsp3) is 0.200. The van der Waals surface area contributed by atoms with Crippen LogP contribution in [0.5, 0.6) is 0 Å². The van der Waals surface area contributed by atoms with Crippen molar-refractivity contribution in [2.24, 2.45) is 0 Å². The predicted octanol–water partition coefficient (Wildman–Crippen LogP) is 4.57. The van der Waals surface area contributed by atoms with Gasteiger partial charge >= 0.3 is 0 Å². The molecule has 1 nitrogen and oxygen atoms in total. The molecular weight excluding hydrogens is 276 g/mol. The van der Waals surface area contributed by atoms with E-state index in [1.54, 1.807) is 0 Å². The van der Waals surface area contributed by atoms with E-state index < -0.39 is 0 Å². The van der Waals surface area contributed by atoms with Crippen molar-refractivity contribution in [3.05, 3.63) is 69.7 Å². The van der Waals surface area contributed by atoms with Gasteiger partial charge in [-0.3, -0.25) is 0 Å². The van der Waals surface area contributed by atoms with Gasteiger partial charge in [-0.25, -0.2) is 0 Å². The second kappa shape index (κ2) is 4.28. The first-order valence-electron chi connectivity index (χ1n) is 5.72. The maximum Gasteiger partial charge on any atom is 0.115 e. The van der Waals surface area contributed by atoms with Crippen molar-refractivity contribution in [1.29, 1.82) is 0 Å². The molecule has 0 aromatic heterocycles. The topological polar surface area (TPSA) is 12.5 Å². The van der Waals surface area contributed by atoms with Crippen molar-refractivity contribution in [1.82, 2.24) is 0 Å². The van der Waals surface area contributed by atoms with Gasteiger partial charge in [0.05, 0.1) is 0 Å². The van der Waals surface area contributed by atoms with Crippen molar-refractivity contribution in [2.45, 2.75) is 19.1 Å². The van der Waals surface area contributed by atoms with E-state index in [9.17, 15) is 0 Å². The Balaban J connectivity index is 1.83. The summed E-state index contributed by atoms with van der Waals surface area (Å²) in [6.07, 6.45) is 0.419. The Morgan fingerprint density at radius 1 is 0.941 bits per heavy atom. The number of halogens is 1. The molecule has 0 bridgehead atoms. The Labute approximate surface area is 110 Å². The van der Waals surface area contributed by atoms with Crippen LogP contribution in [0.3, 0.4) is 0 Å². The summed E-state index contributed by atoms with van der Waals surface area (Å²) in [5.41, 5.74) is 3.78. The molecule has 0 amide bonds. The Hall–Kier alpha value is -1.12.